The van der Waals surface area contributed by atoms with Crippen molar-refractivity contribution in [3.8, 4) is 0 Å². The van der Waals surface area contributed by atoms with Gasteiger partial charge < -0.3 is 20.1 Å². The number of carbonyl (C=O) groups is 1. The molecular formula is C35H58O5. The van der Waals surface area contributed by atoms with E-state index in [0.29, 0.717) is 36.2 Å². The van der Waals surface area contributed by atoms with Crippen LogP contribution in [0.2, 0.25) is 0 Å². The van der Waals surface area contributed by atoms with Crippen molar-refractivity contribution in [1.29, 1.82) is 0 Å². The number of aliphatic hydroxyl groups excluding tert-OH is 3. The molecule has 0 heterocycles. The predicted molar refractivity (Wildman–Crippen MR) is 158 cm³/mol. The Morgan fingerprint density at radius 3 is 2.27 bits per heavy atom. The van der Waals surface area contributed by atoms with Crippen LogP contribution < -0.4 is 0 Å². The van der Waals surface area contributed by atoms with Crippen LogP contribution in [-0.2, 0) is 9.53 Å². The number of hydrogen-bond donors (Lipinski definition) is 3. The molecule has 228 valence electrons. The maximum Gasteiger partial charge on any atom is 0.312 e. The van der Waals surface area contributed by atoms with Gasteiger partial charge in [0.05, 0.1) is 24.7 Å². The highest BCUT2D eigenvalue weighted by Gasteiger charge is 2.72. The number of aliphatic hydroxyl groups is 3. The highest BCUT2D eigenvalue weighted by Crippen LogP contribution is 2.77. The van der Waals surface area contributed by atoms with E-state index < -0.39 is 11.5 Å². The van der Waals surface area contributed by atoms with Crippen LogP contribution >= 0.6 is 0 Å². The van der Waals surface area contributed by atoms with Crippen LogP contribution in [0.15, 0.2) is 12.2 Å². The normalized spacial score (nSPS) is 49.8. The molecule has 11 atom stereocenters. The number of fused-ring (bicyclic) bond motifs is 7. The molecule has 5 aliphatic rings. The van der Waals surface area contributed by atoms with E-state index in [1.54, 1.807) is 0 Å². The van der Waals surface area contributed by atoms with Crippen molar-refractivity contribution in [2.24, 2.45) is 56.7 Å². The standard InChI is InChI=1S/C35H58O5/c1-23(2)24-12-17-35(30(39)40-21-9-7-8-20-36)19-18-33(5)25(29(24)35)10-11-27-31(3)15-14-28(38)32(4,22-37)26(31)13-16-34(27,33)6/h24-29,36-38H,1,7-22H2,2-6H3/t24-,25?,26?,27?,28-,29?,31-,32-,33+,34+,35-/m0/s1. The smallest absolute Gasteiger partial charge is 0.312 e. The van der Waals surface area contributed by atoms with Gasteiger partial charge in [0.15, 0.2) is 0 Å². The van der Waals surface area contributed by atoms with Crippen molar-refractivity contribution >= 4 is 5.97 Å². The molecule has 0 aromatic carbocycles. The van der Waals surface area contributed by atoms with E-state index in [4.69, 9.17) is 9.84 Å². The van der Waals surface area contributed by atoms with Crippen molar-refractivity contribution in [2.75, 3.05) is 19.8 Å². The third-order valence-electron chi connectivity index (χ3n) is 14.6. The van der Waals surface area contributed by atoms with Crippen LogP contribution in [0.4, 0.5) is 0 Å². The lowest BCUT2D eigenvalue weighted by atomic mass is 9.32. The fourth-order valence-corrected chi connectivity index (χ4v) is 12.2. The number of allylic oxidation sites excluding steroid dienone is 1. The molecule has 5 heteroatoms. The van der Waals surface area contributed by atoms with Gasteiger partial charge in [0.1, 0.15) is 0 Å². The van der Waals surface area contributed by atoms with Gasteiger partial charge in [-0.25, -0.2) is 0 Å². The summed E-state index contributed by atoms with van der Waals surface area (Å²) in [6.07, 6.45) is 12.3. The molecule has 5 nitrogen and oxygen atoms in total. The second-order valence-corrected chi connectivity index (χ2v) is 16.0. The molecule has 5 saturated carbocycles. The predicted octanol–water partition coefficient (Wildman–Crippen LogP) is 6.68. The highest BCUT2D eigenvalue weighted by molar-refractivity contribution is 5.78. The monoisotopic (exact) mass is 558 g/mol. The minimum absolute atomic E-state index is 0.0372. The molecule has 5 fully saturated rings. The Hall–Kier alpha value is -0.910. The van der Waals surface area contributed by atoms with E-state index in [9.17, 15) is 15.0 Å². The lowest BCUT2D eigenvalue weighted by Crippen LogP contribution is -2.67. The van der Waals surface area contributed by atoms with Crippen molar-refractivity contribution in [2.45, 2.75) is 124 Å². The van der Waals surface area contributed by atoms with Crippen LogP contribution in [0.1, 0.15) is 118 Å². The Morgan fingerprint density at radius 1 is 0.850 bits per heavy atom. The number of ether oxygens (including phenoxy) is 1. The first-order valence-electron chi connectivity index (χ1n) is 16.6. The third-order valence-corrected chi connectivity index (χ3v) is 14.6. The first-order chi connectivity index (χ1) is 18.9. The van der Waals surface area contributed by atoms with Crippen LogP contribution in [0.25, 0.3) is 0 Å². The molecule has 4 unspecified atom stereocenters. The van der Waals surface area contributed by atoms with E-state index >= 15 is 0 Å². The third kappa shape index (κ3) is 4.13. The number of unbranched alkanes of at least 4 members (excludes halogenated alkanes) is 2. The first kappa shape index (κ1) is 30.5. The summed E-state index contributed by atoms with van der Waals surface area (Å²) < 4.78 is 6.04. The lowest BCUT2D eigenvalue weighted by molar-refractivity contribution is -0.254. The van der Waals surface area contributed by atoms with Gasteiger partial charge in [-0.2, -0.15) is 0 Å². The van der Waals surface area contributed by atoms with Gasteiger partial charge in [0.25, 0.3) is 0 Å². The average Bonchev–Trinajstić information content (AvgIpc) is 3.32. The highest BCUT2D eigenvalue weighted by atomic mass is 16.5. The second kappa shape index (κ2) is 10.7. The SMILES string of the molecule is C=C(C)[C@@H]1CC[C@]2(C(=O)OCCCCCO)CC[C@]3(C)C(CCC4[C@@]5(C)CC[C@H](O)[C@@](C)(CO)C5CC[C@]43C)C12. The molecular weight excluding hydrogens is 500 g/mol. The van der Waals surface area contributed by atoms with Crippen LogP contribution in [0, 0.1) is 56.7 Å². The van der Waals surface area contributed by atoms with Gasteiger partial charge in [-0.3, -0.25) is 4.79 Å². The molecule has 0 spiro atoms. The Kier molecular flexibility index (Phi) is 8.14. The zero-order valence-electron chi connectivity index (χ0n) is 26.1. The molecule has 0 radical (unpaired) electrons. The van der Waals surface area contributed by atoms with E-state index in [1.807, 2.05) is 0 Å². The van der Waals surface area contributed by atoms with Crippen LogP contribution in [-0.4, -0.2) is 47.2 Å². The Morgan fingerprint density at radius 2 is 1.60 bits per heavy atom. The molecule has 5 rings (SSSR count). The molecule has 0 aliphatic heterocycles. The zero-order valence-corrected chi connectivity index (χ0v) is 26.1. The van der Waals surface area contributed by atoms with Crippen molar-refractivity contribution in [3.63, 3.8) is 0 Å². The van der Waals surface area contributed by atoms with Crippen LogP contribution in [0.3, 0.4) is 0 Å². The molecule has 0 amide bonds. The second-order valence-electron chi connectivity index (χ2n) is 16.0. The summed E-state index contributed by atoms with van der Waals surface area (Å²) in [5, 5.41) is 30.7. The molecule has 5 aliphatic carbocycles. The summed E-state index contributed by atoms with van der Waals surface area (Å²) in [6.45, 7) is 17.1. The average molecular weight is 559 g/mol. The van der Waals surface area contributed by atoms with Crippen LogP contribution in [0.5, 0.6) is 0 Å². The summed E-state index contributed by atoms with van der Waals surface area (Å²) in [5.74, 6) is 2.09. The van der Waals surface area contributed by atoms with Gasteiger partial charge >= 0.3 is 5.97 Å². The molecule has 0 aromatic rings. The lowest BCUT2D eigenvalue weighted by Gasteiger charge is -2.72. The first-order valence-corrected chi connectivity index (χ1v) is 16.6. The summed E-state index contributed by atoms with van der Waals surface area (Å²) in [7, 11) is 0. The fraction of sp³-hybridized carbons (Fsp3) is 0.914. The molecule has 3 N–H and O–H groups in total. The molecule has 0 aromatic heterocycles. The zero-order chi connectivity index (χ0) is 29.1. The number of rotatable bonds is 8. The van der Waals surface area contributed by atoms with Gasteiger partial charge in [0, 0.05) is 12.0 Å². The molecule has 0 bridgehead atoms. The minimum Gasteiger partial charge on any atom is -0.465 e. The van der Waals surface area contributed by atoms with Gasteiger partial charge in [-0.1, -0.05) is 39.8 Å². The largest absolute Gasteiger partial charge is 0.465 e. The number of esters is 1. The number of hydrogen-bond acceptors (Lipinski definition) is 5. The maximum absolute atomic E-state index is 14.0. The topological polar surface area (TPSA) is 87.0 Å². The fourth-order valence-electron chi connectivity index (χ4n) is 12.2. The van der Waals surface area contributed by atoms with Gasteiger partial charge in [0.2, 0.25) is 0 Å². The van der Waals surface area contributed by atoms with Crippen molar-refractivity contribution in [3.05, 3.63) is 12.2 Å². The van der Waals surface area contributed by atoms with E-state index in [0.717, 1.165) is 77.0 Å². The summed E-state index contributed by atoms with van der Waals surface area (Å²) in [5.41, 5.74) is 0.842. The quantitative estimate of drug-likeness (QED) is 0.176. The molecule has 40 heavy (non-hydrogen) atoms. The Bertz CT molecular complexity index is 979. The summed E-state index contributed by atoms with van der Waals surface area (Å²) >= 11 is 0. The van der Waals surface area contributed by atoms with E-state index in [-0.39, 0.29) is 40.8 Å². The minimum atomic E-state index is -0.425. The van der Waals surface area contributed by atoms with Crippen molar-refractivity contribution < 1.29 is 24.9 Å². The molecule has 0 saturated heterocycles. The van der Waals surface area contributed by atoms with Crippen molar-refractivity contribution in [1.82, 2.24) is 0 Å². The summed E-state index contributed by atoms with van der Waals surface area (Å²) in [4.78, 5) is 14.0. The maximum atomic E-state index is 14.0. The number of carbonyl (C=O) groups excluding carboxylic acids is 1. The van der Waals surface area contributed by atoms with E-state index in [1.165, 1.54) is 12.0 Å². The van der Waals surface area contributed by atoms with E-state index in [2.05, 4.69) is 41.2 Å². The Balaban J connectivity index is 1.46. The van der Waals surface area contributed by atoms with Gasteiger partial charge in [-0.15, -0.1) is 0 Å². The Labute approximate surface area is 243 Å². The van der Waals surface area contributed by atoms with Gasteiger partial charge in [-0.05, 0) is 136 Å². The summed E-state index contributed by atoms with van der Waals surface area (Å²) in [6, 6.07) is 0.